The molecule has 0 aliphatic rings. The van der Waals surface area contributed by atoms with Crippen molar-refractivity contribution in [3.05, 3.63) is 23.9 Å². The number of carbonyl (C=O) groups is 1. The molecule has 0 spiro atoms. The normalized spacial score (nSPS) is 11.9. The lowest BCUT2D eigenvalue weighted by atomic mass is 10.2. The summed E-state index contributed by atoms with van der Waals surface area (Å²) in [5, 5.41) is 3.28. The van der Waals surface area contributed by atoms with Crippen LogP contribution in [0.2, 0.25) is 0 Å². The zero-order valence-corrected chi connectivity index (χ0v) is 11.2. The van der Waals surface area contributed by atoms with E-state index in [1.807, 2.05) is 0 Å². The second kappa shape index (κ2) is 7.17. The summed E-state index contributed by atoms with van der Waals surface area (Å²) in [5.74, 6) is 1.22. The second-order valence-electron chi connectivity index (χ2n) is 3.60. The molecule has 0 aliphatic heterocycles. The number of methoxy groups -OCH3 is 1. The number of rotatable bonds is 6. The van der Waals surface area contributed by atoms with Gasteiger partial charge in [0, 0.05) is 18.0 Å². The molecule has 0 saturated carbocycles. The van der Waals surface area contributed by atoms with E-state index < -0.39 is 0 Å². The smallest absolute Gasteiger partial charge is 0.341 e. The Morgan fingerprint density at radius 3 is 3.00 bits per heavy atom. The molecule has 0 saturated heterocycles. The molecule has 0 fully saturated rings. The fourth-order valence-electron chi connectivity index (χ4n) is 1.45. The largest absolute Gasteiger partial charge is 0.465 e. The van der Waals surface area contributed by atoms with Gasteiger partial charge in [-0.15, -0.1) is 0 Å². The van der Waals surface area contributed by atoms with Crippen molar-refractivity contribution in [2.45, 2.75) is 19.4 Å². The van der Waals surface area contributed by atoms with Crippen LogP contribution in [0.4, 0.5) is 5.82 Å². The Balaban J connectivity index is 2.85. The zero-order valence-electron chi connectivity index (χ0n) is 10.4. The lowest BCUT2D eigenvalue weighted by Gasteiger charge is -2.17. The van der Waals surface area contributed by atoms with Crippen LogP contribution >= 0.6 is 11.8 Å². The fourth-order valence-corrected chi connectivity index (χ4v) is 2.17. The Morgan fingerprint density at radius 2 is 2.41 bits per heavy atom. The van der Waals surface area contributed by atoms with Crippen LogP contribution in [0.5, 0.6) is 0 Å². The minimum Gasteiger partial charge on any atom is -0.465 e. The van der Waals surface area contributed by atoms with Crippen LogP contribution in [0.3, 0.4) is 0 Å². The van der Waals surface area contributed by atoms with E-state index in [2.05, 4.69) is 23.5 Å². The van der Waals surface area contributed by atoms with Gasteiger partial charge < -0.3 is 10.1 Å². The van der Waals surface area contributed by atoms with Crippen molar-refractivity contribution in [1.29, 1.82) is 0 Å². The molecule has 1 heterocycles. The lowest BCUT2D eigenvalue weighted by Crippen LogP contribution is -2.23. The summed E-state index contributed by atoms with van der Waals surface area (Å²) in [6, 6.07) is 3.75. The SMILES string of the molecule is CCC(CSC)Nc1ncccc1C(=O)OC. The van der Waals surface area contributed by atoms with E-state index in [1.165, 1.54) is 7.11 Å². The zero-order chi connectivity index (χ0) is 12.7. The number of nitrogens with zero attached hydrogens (tertiary/aromatic N) is 1. The summed E-state index contributed by atoms with van der Waals surface area (Å²) in [4.78, 5) is 15.8. The van der Waals surface area contributed by atoms with Gasteiger partial charge in [-0.05, 0) is 24.8 Å². The summed E-state index contributed by atoms with van der Waals surface area (Å²) in [6.45, 7) is 2.11. The van der Waals surface area contributed by atoms with Crippen molar-refractivity contribution in [3.63, 3.8) is 0 Å². The molecule has 4 nitrogen and oxygen atoms in total. The van der Waals surface area contributed by atoms with Crippen molar-refractivity contribution >= 4 is 23.5 Å². The first-order chi connectivity index (χ1) is 8.22. The molecule has 0 aromatic carbocycles. The van der Waals surface area contributed by atoms with Crippen LogP contribution in [0.1, 0.15) is 23.7 Å². The van der Waals surface area contributed by atoms with Crippen LogP contribution in [0.15, 0.2) is 18.3 Å². The third kappa shape index (κ3) is 3.93. The maximum atomic E-state index is 11.6. The molecule has 1 N–H and O–H groups in total. The molecule has 94 valence electrons. The minimum atomic E-state index is -0.361. The molecular weight excluding hydrogens is 236 g/mol. The third-order valence-electron chi connectivity index (χ3n) is 2.41. The van der Waals surface area contributed by atoms with E-state index in [1.54, 1.807) is 30.1 Å². The summed E-state index contributed by atoms with van der Waals surface area (Å²) in [7, 11) is 1.37. The van der Waals surface area contributed by atoms with Crippen LogP contribution in [0.25, 0.3) is 0 Å². The van der Waals surface area contributed by atoms with Gasteiger partial charge in [0.2, 0.25) is 0 Å². The number of ether oxygens (including phenoxy) is 1. The molecule has 1 rings (SSSR count). The van der Waals surface area contributed by atoms with Gasteiger partial charge in [0.05, 0.1) is 7.11 Å². The Hall–Kier alpha value is -1.23. The quantitative estimate of drug-likeness (QED) is 0.790. The first kappa shape index (κ1) is 13.8. The average molecular weight is 254 g/mol. The van der Waals surface area contributed by atoms with Crippen LogP contribution in [0, 0.1) is 0 Å². The lowest BCUT2D eigenvalue weighted by molar-refractivity contribution is 0.0601. The van der Waals surface area contributed by atoms with Gasteiger partial charge in [-0.25, -0.2) is 9.78 Å². The Morgan fingerprint density at radius 1 is 1.65 bits per heavy atom. The average Bonchev–Trinajstić information content (AvgIpc) is 2.38. The number of hydrogen-bond acceptors (Lipinski definition) is 5. The molecule has 1 aromatic rings. The van der Waals surface area contributed by atoms with E-state index in [9.17, 15) is 4.79 Å². The van der Waals surface area contributed by atoms with Crippen molar-refractivity contribution in [2.75, 3.05) is 24.4 Å². The van der Waals surface area contributed by atoms with Crippen LogP contribution < -0.4 is 5.32 Å². The molecule has 0 aliphatic carbocycles. The Bertz CT molecular complexity index is 371. The highest BCUT2D eigenvalue weighted by atomic mass is 32.2. The van der Waals surface area contributed by atoms with E-state index in [4.69, 9.17) is 4.74 Å². The van der Waals surface area contributed by atoms with Gasteiger partial charge in [-0.1, -0.05) is 6.92 Å². The van der Waals surface area contributed by atoms with Crippen molar-refractivity contribution in [3.8, 4) is 0 Å². The molecule has 1 atom stereocenters. The van der Waals surface area contributed by atoms with E-state index in [0.717, 1.165) is 12.2 Å². The Labute approximate surface area is 106 Å². The third-order valence-corrected chi connectivity index (χ3v) is 3.15. The number of anilines is 1. The van der Waals surface area contributed by atoms with E-state index >= 15 is 0 Å². The summed E-state index contributed by atoms with van der Waals surface area (Å²) < 4.78 is 4.73. The standard InChI is InChI=1S/C12H18N2O2S/c1-4-9(8-17-3)14-11-10(12(15)16-2)6-5-7-13-11/h5-7,9H,4,8H2,1-3H3,(H,13,14). The summed E-state index contributed by atoms with van der Waals surface area (Å²) >= 11 is 1.77. The molecule has 0 bridgehead atoms. The van der Waals surface area contributed by atoms with Crippen molar-refractivity contribution < 1.29 is 9.53 Å². The van der Waals surface area contributed by atoms with E-state index in [-0.39, 0.29) is 5.97 Å². The summed E-state index contributed by atoms with van der Waals surface area (Å²) in [5.41, 5.74) is 0.481. The molecular formula is C12H18N2O2S. The topological polar surface area (TPSA) is 51.2 Å². The molecule has 0 amide bonds. The maximum absolute atomic E-state index is 11.6. The number of nitrogens with one attached hydrogen (secondary N) is 1. The minimum absolute atomic E-state index is 0.309. The summed E-state index contributed by atoms with van der Waals surface area (Å²) in [6.07, 6.45) is 4.71. The molecule has 1 aromatic heterocycles. The monoisotopic (exact) mass is 254 g/mol. The van der Waals surface area contributed by atoms with Gasteiger partial charge in [0.25, 0.3) is 0 Å². The molecule has 17 heavy (non-hydrogen) atoms. The molecule has 0 radical (unpaired) electrons. The maximum Gasteiger partial charge on any atom is 0.341 e. The van der Waals surface area contributed by atoms with Gasteiger partial charge >= 0.3 is 5.97 Å². The van der Waals surface area contributed by atoms with E-state index in [0.29, 0.717) is 17.4 Å². The number of carbonyl (C=O) groups excluding carboxylic acids is 1. The van der Waals surface area contributed by atoms with Gasteiger partial charge in [-0.2, -0.15) is 11.8 Å². The van der Waals surface area contributed by atoms with Crippen LogP contribution in [-0.4, -0.2) is 36.1 Å². The van der Waals surface area contributed by atoms with Gasteiger partial charge in [0.15, 0.2) is 0 Å². The number of esters is 1. The van der Waals surface area contributed by atoms with Crippen molar-refractivity contribution in [1.82, 2.24) is 4.98 Å². The molecule has 5 heteroatoms. The number of aromatic nitrogens is 1. The highest BCUT2D eigenvalue weighted by Gasteiger charge is 2.14. The predicted molar refractivity (Wildman–Crippen MR) is 71.7 cm³/mol. The highest BCUT2D eigenvalue weighted by Crippen LogP contribution is 2.16. The highest BCUT2D eigenvalue weighted by molar-refractivity contribution is 7.98. The predicted octanol–water partition coefficient (Wildman–Crippen LogP) is 2.42. The first-order valence-corrected chi connectivity index (χ1v) is 6.91. The Kier molecular flexibility index (Phi) is 5.83. The number of hydrogen-bond donors (Lipinski definition) is 1. The van der Waals surface area contributed by atoms with Gasteiger partial charge in [-0.3, -0.25) is 0 Å². The number of thioether (sulfide) groups is 1. The fraction of sp³-hybridized carbons (Fsp3) is 0.500. The van der Waals surface area contributed by atoms with Crippen LogP contribution in [-0.2, 0) is 4.74 Å². The van der Waals surface area contributed by atoms with Gasteiger partial charge in [0.1, 0.15) is 11.4 Å². The second-order valence-corrected chi connectivity index (χ2v) is 4.51. The van der Waals surface area contributed by atoms with Crippen molar-refractivity contribution in [2.24, 2.45) is 0 Å². The number of pyridine rings is 1. The molecule has 1 unspecified atom stereocenters. The first-order valence-electron chi connectivity index (χ1n) is 5.51.